The standard InChI is InChI=1S/C14H22N2O2/c1-4-11(2)16-14(17)15-9-12-6-5-7-13(8-12)10-18-3/h5-8,11H,4,9-10H2,1-3H3,(H2,15,16,17). The Kier molecular flexibility index (Phi) is 6.22. The SMILES string of the molecule is CCC(C)NC(=O)NCc1cccc(COC)c1. The second kappa shape index (κ2) is 7.71. The second-order valence-corrected chi connectivity index (χ2v) is 4.39. The van der Waals surface area contributed by atoms with E-state index < -0.39 is 0 Å². The molecule has 1 atom stereocenters. The lowest BCUT2D eigenvalue weighted by Gasteiger charge is -2.12. The average molecular weight is 250 g/mol. The predicted octanol–water partition coefficient (Wildman–Crippen LogP) is 2.43. The molecule has 0 aliphatic rings. The Morgan fingerprint density at radius 3 is 2.78 bits per heavy atom. The van der Waals surface area contributed by atoms with Gasteiger partial charge in [-0.15, -0.1) is 0 Å². The van der Waals surface area contributed by atoms with Crippen molar-refractivity contribution in [2.75, 3.05) is 7.11 Å². The quantitative estimate of drug-likeness (QED) is 0.814. The number of benzene rings is 1. The molecule has 0 radical (unpaired) electrons. The van der Waals surface area contributed by atoms with Crippen molar-refractivity contribution in [3.63, 3.8) is 0 Å². The molecule has 1 aromatic carbocycles. The number of hydrogen-bond donors (Lipinski definition) is 2. The molecule has 1 unspecified atom stereocenters. The van der Waals surface area contributed by atoms with Crippen LogP contribution in [-0.4, -0.2) is 19.2 Å². The molecule has 0 aliphatic carbocycles. The van der Waals surface area contributed by atoms with E-state index in [-0.39, 0.29) is 12.1 Å². The molecule has 0 aromatic heterocycles. The van der Waals surface area contributed by atoms with Crippen LogP contribution >= 0.6 is 0 Å². The molecule has 0 fully saturated rings. The van der Waals surface area contributed by atoms with Crippen LogP contribution < -0.4 is 10.6 Å². The number of nitrogens with one attached hydrogen (secondary N) is 2. The lowest BCUT2D eigenvalue weighted by Crippen LogP contribution is -2.40. The van der Waals surface area contributed by atoms with Gasteiger partial charge < -0.3 is 15.4 Å². The van der Waals surface area contributed by atoms with Crippen molar-refractivity contribution in [1.29, 1.82) is 0 Å². The molecule has 2 amide bonds. The van der Waals surface area contributed by atoms with Crippen LogP contribution in [0.4, 0.5) is 4.79 Å². The number of carbonyl (C=O) groups is 1. The van der Waals surface area contributed by atoms with Gasteiger partial charge in [-0.05, 0) is 24.5 Å². The second-order valence-electron chi connectivity index (χ2n) is 4.39. The van der Waals surface area contributed by atoms with E-state index in [4.69, 9.17) is 4.74 Å². The first-order valence-electron chi connectivity index (χ1n) is 6.26. The summed E-state index contributed by atoms with van der Waals surface area (Å²) in [4.78, 5) is 11.5. The van der Waals surface area contributed by atoms with Crippen LogP contribution in [-0.2, 0) is 17.9 Å². The van der Waals surface area contributed by atoms with Crippen molar-refractivity contribution < 1.29 is 9.53 Å². The third-order valence-electron chi connectivity index (χ3n) is 2.75. The van der Waals surface area contributed by atoms with Crippen molar-refractivity contribution in [2.45, 2.75) is 39.5 Å². The summed E-state index contributed by atoms with van der Waals surface area (Å²) in [5.74, 6) is 0. The molecule has 4 nitrogen and oxygen atoms in total. The number of amides is 2. The lowest BCUT2D eigenvalue weighted by molar-refractivity contribution is 0.185. The third-order valence-corrected chi connectivity index (χ3v) is 2.75. The Hall–Kier alpha value is -1.55. The lowest BCUT2D eigenvalue weighted by atomic mass is 10.1. The summed E-state index contributed by atoms with van der Waals surface area (Å²) >= 11 is 0. The topological polar surface area (TPSA) is 50.4 Å². The van der Waals surface area contributed by atoms with Crippen molar-refractivity contribution >= 4 is 6.03 Å². The van der Waals surface area contributed by atoms with E-state index in [9.17, 15) is 4.79 Å². The molecule has 2 N–H and O–H groups in total. The van der Waals surface area contributed by atoms with E-state index in [1.165, 1.54) is 0 Å². The first kappa shape index (κ1) is 14.5. The summed E-state index contributed by atoms with van der Waals surface area (Å²) in [5.41, 5.74) is 2.18. The van der Waals surface area contributed by atoms with Gasteiger partial charge in [-0.2, -0.15) is 0 Å². The van der Waals surface area contributed by atoms with E-state index in [1.807, 2.05) is 38.1 Å². The van der Waals surface area contributed by atoms with Crippen LogP contribution in [0.15, 0.2) is 24.3 Å². The number of rotatable bonds is 6. The molecule has 18 heavy (non-hydrogen) atoms. The number of methoxy groups -OCH3 is 1. The van der Waals surface area contributed by atoms with Gasteiger partial charge >= 0.3 is 6.03 Å². The largest absolute Gasteiger partial charge is 0.380 e. The highest BCUT2D eigenvalue weighted by Crippen LogP contribution is 2.06. The Bertz CT molecular complexity index is 380. The maximum Gasteiger partial charge on any atom is 0.315 e. The maximum absolute atomic E-state index is 11.5. The van der Waals surface area contributed by atoms with E-state index in [0.717, 1.165) is 17.5 Å². The minimum Gasteiger partial charge on any atom is -0.380 e. The smallest absolute Gasteiger partial charge is 0.315 e. The number of urea groups is 1. The molecule has 4 heteroatoms. The van der Waals surface area contributed by atoms with Crippen LogP contribution in [0.5, 0.6) is 0 Å². The van der Waals surface area contributed by atoms with Gasteiger partial charge in [0.1, 0.15) is 0 Å². The molecule has 0 saturated carbocycles. The van der Waals surface area contributed by atoms with Crippen LogP contribution in [0, 0.1) is 0 Å². The molecular weight excluding hydrogens is 228 g/mol. The highest BCUT2D eigenvalue weighted by molar-refractivity contribution is 5.74. The first-order valence-corrected chi connectivity index (χ1v) is 6.26. The summed E-state index contributed by atoms with van der Waals surface area (Å²) < 4.78 is 5.08. The van der Waals surface area contributed by atoms with Crippen molar-refractivity contribution in [2.24, 2.45) is 0 Å². The zero-order valence-corrected chi connectivity index (χ0v) is 11.3. The van der Waals surface area contributed by atoms with Crippen LogP contribution in [0.2, 0.25) is 0 Å². The molecule has 0 spiro atoms. The summed E-state index contributed by atoms with van der Waals surface area (Å²) in [6.07, 6.45) is 0.927. The first-order chi connectivity index (χ1) is 8.65. The highest BCUT2D eigenvalue weighted by atomic mass is 16.5. The molecule has 100 valence electrons. The van der Waals surface area contributed by atoms with Crippen molar-refractivity contribution in [3.8, 4) is 0 Å². The van der Waals surface area contributed by atoms with Crippen molar-refractivity contribution in [3.05, 3.63) is 35.4 Å². The van der Waals surface area contributed by atoms with Gasteiger partial charge in [-0.3, -0.25) is 0 Å². The Morgan fingerprint density at radius 2 is 2.11 bits per heavy atom. The Labute approximate surface area is 109 Å². The van der Waals surface area contributed by atoms with E-state index in [1.54, 1.807) is 7.11 Å². The highest BCUT2D eigenvalue weighted by Gasteiger charge is 2.04. The monoisotopic (exact) mass is 250 g/mol. The fourth-order valence-corrected chi connectivity index (χ4v) is 1.56. The van der Waals surface area contributed by atoms with Crippen LogP contribution in [0.1, 0.15) is 31.4 Å². The van der Waals surface area contributed by atoms with Gasteiger partial charge in [0.15, 0.2) is 0 Å². The Balaban J connectivity index is 2.43. The normalized spacial score (nSPS) is 11.9. The van der Waals surface area contributed by atoms with Gasteiger partial charge in [0.05, 0.1) is 6.61 Å². The number of ether oxygens (including phenoxy) is 1. The predicted molar refractivity (Wildman–Crippen MR) is 72.3 cm³/mol. The molecule has 0 bridgehead atoms. The maximum atomic E-state index is 11.5. The van der Waals surface area contributed by atoms with E-state index in [0.29, 0.717) is 13.2 Å². The molecular formula is C14H22N2O2. The number of hydrogen-bond acceptors (Lipinski definition) is 2. The fraction of sp³-hybridized carbons (Fsp3) is 0.500. The van der Waals surface area contributed by atoms with Crippen molar-refractivity contribution in [1.82, 2.24) is 10.6 Å². The van der Waals surface area contributed by atoms with Gasteiger partial charge in [-0.25, -0.2) is 4.79 Å². The molecule has 0 aliphatic heterocycles. The summed E-state index contributed by atoms with van der Waals surface area (Å²) in [7, 11) is 1.67. The average Bonchev–Trinajstić information content (AvgIpc) is 2.37. The fourth-order valence-electron chi connectivity index (χ4n) is 1.56. The molecule has 0 heterocycles. The van der Waals surface area contributed by atoms with Gasteiger partial charge in [-0.1, -0.05) is 31.2 Å². The zero-order chi connectivity index (χ0) is 13.4. The van der Waals surface area contributed by atoms with Gasteiger partial charge in [0.25, 0.3) is 0 Å². The summed E-state index contributed by atoms with van der Waals surface area (Å²) in [6.45, 7) is 5.14. The van der Waals surface area contributed by atoms with Gasteiger partial charge in [0.2, 0.25) is 0 Å². The van der Waals surface area contributed by atoms with E-state index >= 15 is 0 Å². The third kappa shape index (κ3) is 5.19. The molecule has 0 saturated heterocycles. The molecule has 1 rings (SSSR count). The minimum absolute atomic E-state index is 0.124. The summed E-state index contributed by atoms with van der Waals surface area (Å²) in [5, 5.41) is 5.71. The Morgan fingerprint density at radius 1 is 1.39 bits per heavy atom. The van der Waals surface area contributed by atoms with Gasteiger partial charge in [0, 0.05) is 19.7 Å². The zero-order valence-electron chi connectivity index (χ0n) is 11.3. The summed E-state index contributed by atoms with van der Waals surface area (Å²) in [6, 6.07) is 8.08. The molecule has 1 aromatic rings. The van der Waals surface area contributed by atoms with E-state index in [2.05, 4.69) is 10.6 Å². The minimum atomic E-state index is -0.124. The number of carbonyl (C=O) groups excluding carboxylic acids is 1. The van der Waals surface area contributed by atoms with Crippen LogP contribution in [0.25, 0.3) is 0 Å². The van der Waals surface area contributed by atoms with Crippen LogP contribution in [0.3, 0.4) is 0 Å².